The van der Waals surface area contributed by atoms with E-state index >= 15 is 0 Å². The largest absolute Gasteiger partial charge is 0.302 e. The molecule has 0 aliphatic heterocycles. The van der Waals surface area contributed by atoms with Gasteiger partial charge in [-0.3, -0.25) is 0 Å². The van der Waals surface area contributed by atoms with Gasteiger partial charge in [-0.05, 0) is 56.6 Å². The summed E-state index contributed by atoms with van der Waals surface area (Å²) in [4.78, 5) is 2.31. The minimum Gasteiger partial charge on any atom is -0.302 e. The predicted octanol–water partition coefficient (Wildman–Crippen LogP) is 2.43. The van der Waals surface area contributed by atoms with E-state index in [2.05, 4.69) is 37.2 Å². The summed E-state index contributed by atoms with van der Waals surface area (Å²) >= 11 is 0. The summed E-state index contributed by atoms with van der Waals surface area (Å²) in [6.45, 7) is 0. The van der Waals surface area contributed by atoms with Crippen molar-refractivity contribution >= 4 is 0 Å². The van der Waals surface area contributed by atoms with Crippen molar-refractivity contribution in [2.45, 2.75) is 25.3 Å². The molecule has 1 radical (unpaired) electrons. The average Bonchev–Trinajstić information content (AvgIpc) is 2.17. The molecule has 1 aliphatic rings. The lowest BCUT2D eigenvalue weighted by atomic mass is 9.87. The second-order valence-corrected chi connectivity index (χ2v) is 4.00. The highest BCUT2D eigenvalue weighted by molar-refractivity contribution is 5.31. The molecule has 13 heavy (non-hydrogen) atoms. The van der Waals surface area contributed by atoms with Crippen molar-refractivity contribution in [1.82, 2.24) is 4.90 Å². The summed E-state index contributed by atoms with van der Waals surface area (Å²) in [5.74, 6) is 0. The first-order chi connectivity index (χ1) is 6.29. The molecule has 0 heterocycles. The molecule has 0 N–H and O–H groups in total. The Balaban J connectivity index is 2.37. The van der Waals surface area contributed by atoms with Crippen molar-refractivity contribution in [3.63, 3.8) is 0 Å². The molecule has 1 aromatic rings. The normalized spacial score (nSPS) is 21.6. The van der Waals surface area contributed by atoms with E-state index in [-0.39, 0.29) is 0 Å². The maximum absolute atomic E-state index is 3.18. The Kier molecular flexibility index (Phi) is 2.36. The van der Waals surface area contributed by atoms with Crippen LogP contribution in [0.5, 0.6) is 0 Å². The standard InChI is InChI=1S/C12H16N/c1-13(2)12-9-5-7-10-6-3-4-8-11(10)12/h3,6,8,12H,5,7,9H2,1-2H3. The van der Waals surface area contributed by atoms with Gasteiger partial charge in [0.05, 0.1) is 0 Å². The smallest absolute Gasteiger partial charge is 0.0345 e. The summed E-state index contributed by atoms with van der Waals surface area (Å²) in [7, 11) is 4.32. The third-order valence-electron chi connectivity index (χ3n) is 2.90. The molecule has 0 bridgehead atoms. The molecule has 1 nitrogen and oxygen atoms in total. The van der Waals surface area contributed by atoms with Crippen molar-refractivity contribution in [1.29, 1.82) is 0 Å². The van der Waals surface area contributed by atoms with Crippen LogP contribution in [0.25, 0.3) is 0 Å². The lowest BCUT2D eigenvalue weighted by Crippen LogP contribution is -2.23. The molecule has 69 valence electrons. The summed E-state index contributed by atoms with van der Waals surface area (Å²) in [5.41, 5.74) is 3.00. The number of benzene rings is 1. The van der Waals surface area contributed by atoms with Crippen molar-refractivity contribution in [2.24, 2.45) is 0 Å². The minimum atomic E-state index is 0.612. The van der Waals surface area contributed by atoms with Gasteiger partial charge in [0, 0.05) is 6.04 Å². The molecule has 0 amide bonds. The first-order valence-electron chi connectivity index (χ1n) is 4.94. The van der Waals surface area contributed by atoms with Crippen molar-refractivity contribution in [3.8, 4) is 0 Å². The van der Waals surface area contributed by atoms with E-state index in [0.29, 0.717) is 6.04 Å². The van der Waals surface area contributed by atoms with Crippen LogP contribution < -0.4 is 0 Å². The van der Waals surface area contributed by atoms with E-state index in [9.17, 15) is 0 Å². The monoisotopic (exact) mass is 174 g/mol. The van der Waals surface area contributed by atoms with Gasteiger partial charge in [-0.2, -0.15) is 0 Å². The van der Waals surface area contributed by atoms with Crippen LogP contribution in [0, 0.1) is 6.07 Å². The van der Waals surface area contributed by atoms with Gasteiger partial charge in [0.2, 0.25) is 0 Å². The molecule has 1 unspecified atom stereocenters. The number of rotatable bonds is 1. The van der Waals surface area contributed by atoms with Crippen LogP contribution in [0.4, 0.5) is 0 Å². The highest BCUT2D eigenvalue weighted by Crippen LogP contribution is 2.32. The fourth-order valence-electron chi connectivity index (χ4n) is 2.19. The lowest BCUT2D eigenvalue weighted by Gasteiger charge is -2.30. The Morgan fingerprint density at radius 1 is 1.46 bits per heavy atom. The Morgan fingerprint density at radius 2 is 2.31 bits per heavy atom. The highest BCUT2D eigenvalue weighted by atomic mass is 15.1. The molecule has 1 aromatic carbocycles. The van der Waals surface area contributed by atoms with Crippen LogP contribution in [-0.4, -0.2) is 19.0 Å². The van der Waals surface area contributed by atoms with Crippen LogP contribution in [0.1, 0.15) is 30.0 Å². The van der Waals surface area contributed by atoms with E-state index in [0.717, 1.165) is 0 Å². The van der Waals surface area contributed by atoms with Gasteiger partial charge >= 0.3 is 0 Å². The van der Waals surface area contributed by atoms with E-state index in [1.807, 2.05) is 6.07 Å². The topological polar surface area (TPSA) is 3.24 Å². The Morgan fingerprint density at radius 3 is 3.08 bits per heavy atom. The van der Waals surface area contributed by atoms with Gasteiger partial charge in [0.25, 0.3) is 0 Å². The van der Waals surface area contributed by atoms with Gasteiger partial charge in [-0.15, -0.1) is 0 Å². The van der Waals surface area contributed by atoms with Crippen molar-refractivity contribution < 1.29 is 0 Å². The van der Waals surface area contributed by atoms with E-state index in [1.54, 1.807) is 0 Å². The van der Waals surface area contributed by atoms with E-state index in [4.69, 9.17) is 0 Å². The number of hydrogen-bond donors (Lipinski definition) is 0. The van der Waals surface area contributed by atoms with Crippen LogP contribution in [0.15, 0.2) is 18.2 Å². The number of nitrogens with zero attached hydrogens (tertiary/aromatic N) is 1. The third kappa shape index (κ3) is 1.61. The fraction of sp³-hybridized carbons (Fsp3) is 0.500. The maximum Gasteiger partial charge on any atom is 0.0345 e. The molecule has 2 rings (SSSR count). The van der Waals surface area contributed by atoms with Crippen molar-refractivity contribution in [3.05, 3.63) is 35.4 Å². The summed E-state index contributed by atoms with van der Waals surface area (Å²) in [5, 5.41) is 0. The molecule has 1 aliphatic carbocycles. The summed E-state index contributed by atoms with van der Waals surface area (Å²) < 4.78 is 0. The number of fused-ring (bicyclic) bond motifs is 1. The molecule has 0 fully saturated rings. The van der Waals surface area contributed by atoms with Crippen LogP contribution in [0.3, 0.4) is 0 Å². The minimum absolute atomic E-state index is 0.612. The molecule has 0 saturated carbocycles. The zero-order valence-electron chi connectivity index (χ0n) is 8.38. The second-order valence-electron chi connectivity index (χ2n) is 4.00. The number of hydrogen-bond acceptors (Lipinski definition) is 1. The van der Waals surface area contributed by atoms with Gasteiger partial charge in [-0.25, -0.2) is 0 Å². The first kappa shape index (κ1) is 8.76. The molecular formula is C12H16N. The van der Waals surface area contributed by atoms with Gasteiger partial charge in [-0.1, -0.05) is 12.1 Å². The van der Waals surface area contributed by atoms with Crippen LogP contribution in [0.2, 0.25) is 0 Å². The number of aryl methyl sites for hydroxylation is 1. The summed E-state index contributed by atoms with van der Waals surface area (Å²) in [6.07, 6.45) is 3.85. The zero-order valence-corrected chi connectivity index (χ0v) is 8.38. The molecule has 1 heteroatoms. The highest BCUT2D eigenvalue weighted by Gasteiger charge is 2.20. The van der Waals surface area contributed by atoms with Crippen molar-refractivity contribution in [2.75, 3.05) is 14.1 Å². The Labute approximate surface area is 80.4 Å². The lowest BCUT2D eigenvalue weighted by molar-refractivity contribution is 0.268. The Hall–Kier alpha value is -0.820. The summed E-state index contributed by atoms with van der Waals surface area (Å²) in [6, 6.07) is 10.2. The third-order valence-corrected chi connectivity index (χ3v) is 2.90. The van der Waals surface area contributed by atoms with Gasteiger partial charge < -0.3 is 4.90 Å². The second kappa shape index (κ2) is 3.51. The fourth-order valence-corrected chi connectivity index (χ4v) is 2.19. The maximum atomic E-state index is 3.18. The van der Waals surface area contributed by atoms with Gasteiger partial charge in [0.1, 0.15) is 0 Å². The predicted molar refractivity (Wildman–Crippen MR) is 54.6 cm³/mol. The first-order valence-corrected chi connectivity index (χ1v) is 4.94. The molecule has 0 aromatic heterocycles. The molecular weight excluding hydrogens is 158 g/mol. The van der Waals surface area contributed by atoms with E-state index < -0.39 is 0 Å². The van der Waals surface area contributed by atoms with E-state index in [1.165, 1.54) is 30.4 Å². The quantitative estimate of drug-likeness (QED) is 0.632. The molecule has 0 saturated heterocycles. The zero-order chi connectivity index (χ0) is 9.26. The average molecular weight is 174 g/mol. The molecule has 0 spiro atoms. The Bertz CT molecular complexity index is 291. The van der Waals surface area contributed by atoms with Crippen LogP contribution in [-0.2, 0) is 6.42 Å². The SMILES string of the molecule is CN(C)C1CCCc2cc[c]cc21. The van der Waals surface area contributed by atoms with Gasteiger partial charge in [0.15, 0.2) is 0 Å². The molecule has 1 atom stereocenters. The van der Waals surface area contributed by atoms with Crippen LogP contribution >= 0.6 is 0 Å².